The number of amides is 1. The van der Waals surface area contributed by atoms with Crippen LogP contribution in [0.25, 0.3) is 5.69 Å². The van der Waals surface area contributed by atoms with Crippen LogP contribution in [0, 0.1) is 0 Å². The van der Waals surface area contributed by atoms with Crippen LogP contribution >= 0.6 is 23.2 Å². The van der Waals surface area contributed by atoms with E-state index in [1.54, 1.807) is 22.9 Å². The van der Waals surface area contributed by atoms with Crippen molar-refractivity contribution in [3.63, 3.8) is 0 Å². The average molecular weight is 411 g/mol. The van der Waals surface area contributed by atoms with E-state index in [0.717, 1.165) is 19.3 Å². The van der Waals surface area contributed by atoms with E-state index in [9.17, 15) is 4.79 Å². The van der Waals surface area contributed by atoms with E-state index in [-0.39, 0.29) is 23.2 Å². The molecule has 0 saturated carbocycles. The van der Waals surface area contributed by atoms with Crippen LogP contribution < -0.4 is 5.32 Å². The van der Waals surface area contributed by atoms with Gasteiger partial charge in [0.15, 0.2) is 0 Å². The van der Waals surface area contributed by atoms with Crippen molar-refractivity contribution in [3.05, 3.63) is 39.9 Å². The number of hydrogen-bond acceptors (Lipinski definition) is 4. The molecule has 1 N–H and O–H groups in total. The molecule has 0 spiro atoms. The highest BCUT2D eigenvalue weighted by atomic mass is 35.5. The van der Waals surface area contributed by atoms with E-state index in [2.05, 4.69) is 22.3 Å². The number of carbonyl (C=O) groups is 1. The number of halogens is 2. The van der Waals surface area contributed by atoms with Gasteiger partial charge in [-0.2, -0.15) is 0 Å². The Morgan fingerprint density at radius 1 is 1.30 bits per heavy atom. The number of benzene rings is 1. The van der Waals surface area contributed by atoms with Gasteiger partial charge in [0.1, 0.15) is 11.5 Å². The lowest BCUT2D eigenvalue weighted by Crippen LogP contribution is -2.51. The van der Waals surface area contributed by atoms with E-state index in [4.69, 9.17) is 27.9 Å². The van der Waals surface area contributed by atoms with Crippen LogP contribution in [0.15, 0.2) is 18.2 Å². The molecule has 1 aromatic heterocycles. The summed E-state index contributed by atoms with van der Waals surface area (Å²) in [5.41, 5.74) is 0.258. The number of carbonyl (C=O) groups excluding carboxylic acids is 1. The molecule has 0 atom stereocenters. The molecule has 1 aliphatic rings. The second kappa shape index (κ2) is 8.17. The van der Waals surface area contributed by atoms with Crippen molar-refractivity contribution in [2.24, 2.45) is 0 Å². The van der Waals surface area contributed by atoms with Crippen molar-refractivity contribution in [2.45, 2.75) is 51.5 Å². The molecular formula is C19H24Cl2N4O2. The number of nitrogens with one attached hydrogen (secondary N) is 1. The Bertz CT molecular complexity index is 809. The summed E-state index contributed by atoms with van der Waals surface area (Å²) < 4.78 is 7.01. The zero-order chi connectivity index (χ0) is 19.6. The maximum atomic E-state index is 12.9. The first-order valence-corrected chi connectivity index (χ1v) is 9.94. The Hall–Kier alpha value is -1.63. The highest BCUT2D eigenvalue weighted by Crippen LogP contribution is 2.30. The molecule has 8 heteroatoms. The number of nitrogens with zero attached hydrogens (tertiary/aromatic N) is 3. The van der Waals surface area contributed by atoms with E-state index < -0.39 is 0 Å². The standard InChI is InChI=1S/C19H24Cl2N4O2/c1-4-19(8-10-27-11-9-19)23-18(26)16-22-17(12(2)3)25(24-16)15-13(20)6-5-7-14(15)21/h5-7,12H,4,8-11H2,1-3H3,(H,23,26). The highest BCUT2D eigenvalue weighted by molar-refractivity contribution is 6.37. The third-order valence-electron chi connectivity index (χ3n) is 5.01. The average Bonchev–Trinajstić information content (AvgIpc) is 3.08. The quantitative estimate of drug-likeness (QED) is 0.793. The Kier molecular flexibility index (Phi) is 6.08. The van der Waals surface area contributed by atoms with Gasteiger partial charge >= 0.3 is 0 Å². The molecular weight excluding hydrogens is 387 g/mol. The smallest absolute Gasteiger partial charge is 0.291 e. The first kappa shape index (κ1) is 20.1. The summed E-state index contributed by atoms with van der Waals surface area (Å²) in [7, 11) is 0. The monoisotopic (exact) mass is 410 g/mol. The summed E-state index contributed by atoms with van der Waals surface area (Å²) in [5.74, 6) is 0.499. The molecule has 1 saturated heterocycles. The first-order chi connectivity index (χ1) is 12.9. The summed E-state index contributed by atoms with van der Waals surface area (Å²) >= 11 is 12.7. The Labute approximate surface area is 169 Å². The second-order valence-corrected chi connectivity index (χ2v) is 7.95. The zero-order valence-corrected chi connectivity index (χ0v) is 17.3. The minimum Gasteiger partial charge on any atom is -0.381 e. The molecule has 1 aromatic carbocycles. The molecule has 27 heavy (non-hydrogen) atoms. The predicted molar refractivity (Wildman–Crippen MR) is 106 cm³/mol. The van der Waals surface area contributed by atoms with Crippen molar-refractivity contribution in [2.75, 3.05) is 13.2 Å². The van der Waals surface area contributed by atoms with Crippen LogP contribution in [-0.2, 0) is 4.74 Å². The van der Waals surface area contributed by atoms with Gasteiger partial charge in [-0.05, 0) is 31.4 Å². The van der Waals surface area contributed by atoms with Gasteiger partial charge in [0, 0.05) is 24.7 Å². The predicted octanol–water partition coefficient (Wildman–Crippen LogP) is 4.39. The van der Waals surface area contributed by atoms with Crippen molar-refractivity contribution in [3.8, 4) is 5.69 Å². The van der Waals surface area contributed by atoms with Crippen LogP contribution in [-0.4, -0.2) is 39.4 Å². The van der Waals surface area contributed by atoms with Gasteiger partial charge in [0.2, 0.25) is 5.82 Å². The lowest BCUT2D eigenvalue weighted by molar-refractivity contribution is 0.0342. The van der Waals surface area contributed by atoms with Gasteiger partial charge in [-0.15, -0.1) is 5.10 Å². The Morgan fingerprint density at radius 2 is 1.93 bits per heavy atom. The fourth-order valence-corrected chi connectivity index (χ4v) is 3.83. The third kappa shape index (κ3) is 4.13. The van der Waals surface area contributed by atoms with E-state index in [1.165, 1.54) is 0 Å². The molecule has 2 heterocycles. The van der Waals surface area contributed by atoms with Crippen LogP contribution in [0.1, 0.15) is 62.4 Å². The van der Waals surface area contributed by atoms with E-state index in [1.807, 2.05) is 13.8 Å². The summed E-state index contributed by atoms with van der Waals surface area (Å²) in [6.45, 7) is 7.32. The molecule has 1 amide bonds. The van der Waals surface area contributed by atoms with Crippen LogP contribution in [0.5, 0.6) is 0 Å². The maximum Gasteiger partial charge on any atom is 0.291 e. The minimum absolute atomic E-state index is 0.0367. The summed E-state index contributed by atoms with van der Waals surface area (Å²) in [6, 6.07) is 5.24. The molecule has 1 fully saturated rings. The Morgan fingerprint density at radius 3 is 2.48 bits per heavy atom. The lowest BCUT2D eigenvalue weighted by Gasteiger charge is -2.36. The van der Waals surface area contributed by atoms with Gasteiger partial charge in [0.05, 0.1) is 10.0 Å². The number of hydrogen-bond donors (Lipinski definition) is 1. The van der Waals surface area contributed by atoms with Gasteiger partial charge in [-0.25, -0.2) is 9.67 Å². The normalized spacial score (nSPS) is 16.5. The van der Waals surface area contributed by atoms with Crippen molar-refractivity contribution in [1.29, 1.82) is 0 Å². The largest absolute Gasteiger partial charge is 0.381 e. The SMILES string of the molecule is CCC1(NC(=O)c2nc(C(C)C)n(-c3c(Cl)cccc3Cl)n2)CCOCC1. The fraction of sp³-hybridized carbons (Fsp3) is 0.526. The lowest BCUT2D eigenvalue weighted by atomic mass is 9.87. The molecule has 1 aliphatic heterocycles. The number of ether oxygens (including phenoxy) is 1. The maximum absolute atomic E-state index is 12.9. The van der Waals surface area contributed by atoms with Gasteiger partial charge < -0.3 is 10.1 Å². The number of rotatable bonds is 5. The minimum atomic E-state index is -0.289. The topological polar surface area (TPSA) is 69.0 Å². The van der Waals surface area contributed by atoms with E-state index >= 15 is 0 Å². The highest BCUT2D eigenvalue weighted by Gasteiger charge is 2.34. The van der Waals surface area contributed by atoms with Crippen LogP contribution in [0.2, 0.25) is 10.0 Å². The van der Waals surface area contributed by atoms with Crippen molar-refractivity contribution >= 4 is 29.1 Å². The molecule has 0 bridgehead atoms. The number of aromatic nitrogens is 3. The van der Waals surface area contributed by atoms with Crippen LogP contribution in [0.3, 0.4) is 0 Å². The summed E-state index contributed by atoms with van der Waals surface area (Å²) in [6.07, 6.45) is 2.39. The van der Waals surface area contributed by atoms with Gasteiger partial charge in [0.25, 0.3) is 5.91 Å². The second-order valence-electron chi connectivity index (χ2n) is 7.13. The molecule has 3 rings (SSSR count). The Balaban J connectivity index is 1.96. The molecule has 6 nitrogen and oxygen atoms in total. The zero-order valence-electron chi connectivity index (χ0n) is 15.8. The molecule has 0 unspecified atom stereocenters. The molecule has 146 valence electrons. The van der Waals surface area contributed by atoms with Crippen molar-refractivity contribution < 1.29 is 9.53 Å². The molecule has 0 radical (unpaired) electrons. The van der Waals surface area contributed by atoms with E-state index in [0.29, 0.717) is 34.8 Å². The molecule has 2 aromatic rings. The third-order valence-corrected chi connectivity index (χ3v) is 5.62. The first-order valence-electron chi connectivity index (χ1n) is 9.18. The van der Waals surface area contributed by atoms with Crippen LogP contribution in [0.4, 0.5) is 0 Å². The van der Waals surface area contributed by atoms with Crippen molar-refractivity contribution in [1.82, 2.24) is 20.1 Å². The molecule has 0 aliphatic carbocycles. The fourth-order valence-electron chi connectivity index (χ4n) is 3.28. The number of para-hydroxylation sites is 1. The summed E-state index contributed by atoms with van der Waals surface area (Å²) in [4.78, 5) is 17.4. The summed E-state index contributed by atoms with van der Waals surface area (Å²) in [5, 5.41) is 8.49. The van der Waals surface area contributed by atoms with Gasteiger partial charge in [-0.3, -0.25) is 4.79 Å². The van der Waals surface area contributed by atoms with Gasteiger partial charge in [-0.1, -0.05) is 50.0 Å².